The lowest BCUT2D eigenvalue weighted by atomic mass is 10.1. The molecule has 1 saturated heterocycles. The SMILES string of the molecule is CCCC1(OC)CCCC[Si]1(OC)OC.O=[SH](=O)[SiH3]. The first kappa shape index (κ1) is 19.3. The molecule has 19 heavy (non-hydrogen) atoms. The van der Waals surface area contributed by atoms with E-state index in [1.807, 2.05) is 0 Å². The van der Waals surface area contributed by atoms with Gasteiger partial charge in [0, 0.05) is 21.3 Å². The second-order valence-corrected chi connectivity index (χ2v) is 11.6. The highest BCUT2D eigenvalue weighted by Gasteiger charge is 2.58. The molecule has 1 fully saturated rings. The summed E-state index contributed by atoms with van der Waals surface area (Å²) in [6, 6.07) is 1.06. The molecule has 1 heterocycles. The van der Waals surface area contributed by atoms with E-state index < -0.39 is 18.7 Å². The third-order valence-electron chi connectivity index (χ3n) is 3.73. The minimum atomic E-state index is -2.15. The van der Waals surface area contributed by atoms with Crippen molar-refractivity contribution in [2.24, 2.45) is 0 Å². The predicted molar refractivity (Wildman–Crippen MR) is 83.3 cm³/mol. The van der Waals surface area contributed by atoms with Gasteiger partial charge in [-0.3, -0.25) is 0 Å². The fourth-order valence-corrected chi connectivity index (χ4v) is 6.91. The number of hydrogen-bond donors (Lipinski definition) is 1. The number of hydrogen-bond acceptors (Lipinski definition) is 5. The Kier molecular flexibility index (Phi) is 9.37. The van der Waals surface area contributed by atoms with Gasteiger partial charge in [-0.1, -0.05) is 26.2 Å². The van der Waals surface area contributed by atoms with Gasteiger partial charge in [-0.25, -0.2) is 8.42 Å². The number of methoxy groups -OCH3 is 1. The topological polar surface area (TPSA) is 61.8 Å². The summed E-state index contributed by atoms with van der Waals surface area (Å²) in [6.07, 6.45) is 5.70. The first-order valence-electron chi connectivity index (χ1n) is 6.67. The quantitative estimate of drug-likeness (QED) is 0.588. The van der Waals surface area contributed by atoms with E-state index >= 15 is 0 Å². The van der Waals surface area contributed by atoms with Gasteiger partial charge in [-0.2, -0.15) is 0 Å². The summed E-state index contributed by atoms with van der Waals surface area (Å²) in [4.78, 5) is 0. The molecule has 1 rings (SSSR count). The molecule has 0 aromatic rings. The molecule has 116 valence electrons. The summed E-state index contributed by atoms with van der Waals surface area (Å²) in [5.74, 6) is 0. The molecule has 0 N–H and O–H groups in total. The Morgan fingerprint density at radius 2 is 1.74 bits per heavy atom. The van der Waals surface area contributed by atoms with Crippen LogP contribution in [0.1, 0.15) is 39.0 Å². The van der Waals surface area contributed by atoms with Gasteiger partial charge in [0.1, 0.15) is 24.8 Å². The van der Waals surface area contributed by atoms with Gasteiger partial charge in [0.05, 0.1) is 0 Å². The Labute approximate surface area is 122 Å². The molecular weight excluding hydrogens is 300 g/mol. The molecule has 0 saturated carbocycles. The van der Waals surface area contributed by atoms with Crippen LogP contribution in [0.3, 0.4) is 0 Å². The summed E-state index contributed by atoms with van der Waals surface area (Å²) < 4.78 is 35.6. The molecule has 0 aliphatic carbocycles. The van der Waals surface area contributed by atoms with Gasteiger partial charge in [-0.05, 0) is 18.9 Å². The van der Waals surface area contributed by atoms with Gasteiger partial charge in [0.15, 0.2) is 0 Å². The molecule has 1 unspecified atom stereocenters. The fraction of sp³-hybridized carbons (Fsp3) is 1.00. The number of ether oxygens (including phenoxy) is 1. The predicted octanol–water partition coefficient (Wildman–Crippen LogP) is 0.508. The van der Waals surface area contributed by atoms with Crippen LogP contribution in [-0.2, 0) is 23.7 Å². The first-order valence-corrected chi connectivity index (χ1v) is 13.0. The molecule has 0 aromatic carbocycles. The van der Waals surface area contributed by atoms with Crippen molar-refractivity contribution in [3.63, 3.8) is 0 Å². The molecule has 0 aromatic heterocycles. The minimum absolute atomic E-state index is 0.122. The molecule has 1 atom stereocenters. The molecule has 0 radical (unpaired) electrons. The standard InChI is InChI=1S/C11H24O3Si.H4O2SSi/c1-5-8-11(12-2)9-6-7-10-15(11,13-3)14-4;1-3(2)4/h5-10H2,1-4H3;3H,4H3. The Hall–Kier alpha value is 0.264. The van der Waals surface area contributed by atoms with Crippen molar-refractivity contribution >= 4 is 28.1 Å². The second kappa shape index (κ2) is 9.25. The number of rotatable bonds is 5. The van der Waals surface area contributed by atoms with E-state index in [0.717, 1.165) is 25.3 Å². The summed E-state index contributed by atoms with van der Waals surface area (Å²) in [5, 5.41) is -0.122. The Bertz CT molecular complexity index is 308. The summed E-state index contributed by atoms with van der Waals surface area (Å²) in [5.41, 5.74) is 0. The third-order valence-corrected chi connectivity index (χ3v) is 8.16. The zero-order valence-electron chi connectivity index (χ0n) is 12.7. The smallest absolute Gasteiger partial charge is 0.370 e. The minimum Gasteiger partial charge on any atom is -0.396 e. The zero-order chi connectivity index (χ0) is 14.9. The highest BCUT2D eigenvalue weighted by Crippen LogP contribution is 2.42. The molecule has 5 nitrogen and oxygen atoms in total. The van der Waals surface area contributed by atoms with E-state index in [0.29, 0.717) is 9.39 Å². The van der Waals surface area contributed by atoms with Crippen molar-refractivity contribution in [2.45, 2.75) is 50.3 Å². The van der Waals surface area contributed by atoms with E-state index in [1.54, 1.807) is 21.3 Å². The zero-order valence-corrected chi connectivity index (χ0v) is 16.6. The maximum Gasteiger partial charge on any atom is 0.370 e. The van der Waals surface area contributed by atoms with Gasteiger partial charge in [0.2, 0.25) is 0 Å². The van der Waals surface area contributed by atoms with Gasteiger partial charge >= 0.3 is 8.56 Å². The van der Waals surface area contributed by atoms with Crippen LogP contribution in [0.25, 0.3) is 0 Å². The normalized spacial score (nSPS) is 25.9. The second-order valence-electron chi connectivity index (χ2n) is 4.76. The Morgan fingerprint density at radius 3 is 2.11 bits per heavy atom. The van der Waals surface area contributed by atoms with Crippen molar-refractivity contribution in [1.82, 2.24) is 0 Å². The first-order chi connectivity index (χ1) is 8.93. The summed E-state index contributed by atoms with van der Waals surface area (Å²) in [7, 11) is 1.54. The van der Waals surface area contributed by atoms with E-state index in [-0.39, 0.29) is 5.22 Å². The molecule has 1 aliphatic rings. The maximum absolute atomic E-state index is 9.10. The highest BCUT2D eigenvalue weighted by molar-refractivity contribution is 7.96. The van der Waals surface area contributed by atoms with Crippen LogP contribution in [-0.4, -0.2) is 52.9 Å². The molecule has 1 aliphatic heterocycles. The molecule has 0 spiro atoms. The van der Waals surface area contributed by atoms with Crippen LogP contribution >= 0.6 is 0 Å². The van der Waals surface area contributed by atoms with Crippen molar-refractivity contribution in [3.8, 4) is 0 Å². The van der Waals surface area contributed by atoms with Crippen molar-refractivity contribution < 1.29 is 22.0 Å². The number of thiol groups is 1. The summed E-state index contributed by atoms with van der Waals surface area (Å²) in [6.45, 7) is 2.19. The maximum atomic E-state index is 9.10. The van der Waals surface area contributed by atoms with E-state index in [1.165, 1.54) is 12.8 Å². The van der Waals surface area contributed by atoms with E-state index in [2.05, 4.69) is 6.92 Å². The third kappa shape index (κ3) is 4.94. The molecule has 0 bridgehead atoms. The van der Waals surface area contributed by atoms with Crippen molar-refractivity contribution in [1.29, 1.82) is 0 Å². The fourth-order valence-electron chi connectivity index (χ4n) is 2.92. The molecular formula is C11H28O5SSi2. The van der Waals surface area contributed by atoms with Gasteiger partial charge in [-0.15, -0.1) is 0 Å². The molecule has 0 amide bonds. The Balaban J connectivity index is 0.000000711. The highest BCUT2D eigenvalue weighted by atomic mass is 32.4. The average molecular weight is 329 g/mol. The van der Waals surface area contributed by atoms with Crippen LogP contribution in [0.4, 0.5) is 0 Å². The van der Waals surface area contributed by atoms with Crippen LogP contribution < -0.4 is 0 Å². The van der Waals surface area contributed by atoms with E-state index in [9.17, 15) is 0 Å². The van der Waals surface area contributed by atoms with Crippen LogP contribution in [0, 0.1) is 0 Å². The monoisotopic (exact) mass is 328 g/mol. The lowest BCUT2D eigenvalue weighted by Gasteiger charge is -2.47. The van der Waals surface area contributed by atoms with Gasteiger partial charge in [0.25, 0.3) is 0 Å². The van der Waals surface area contributed by atoms with Crippen molar-refractivity contribution in [3.05, 3.63) is 0 Å². The van der Waals surface area contributed by atoms with E-state index in [4.69, 9.17) is 22.0 Å². The average Bonchev–Trinajstić information content (AvgIpc) is 2.39. The van der Waals surface area contributed by atoms with Crippen LogP contribution in [0.2, 0.25) is 6.04 Å². The Morgan fingerprint density at radius 1 is 1.21 bits per heavy atom. The van der Waals surface area contributed by atoms with Crippen LogP contribution in [0.5, 0.6) is 0 Å². The summed E-state index contributed by atoms with van der Waals surface area (Å²) >= 11 is 0. The van der Waals surface area contributed by atoms with Crippen LogP contribution in [0.15, 0.2) is 0 Å². The van der Waals surface area contributed by atoms with Gasteiger partial charge < -0.3 is 13.6 Å². The lowest BCUT2D eigenvalue weighted by Crippen LogP contribution is -2.64. The lowest BCUT2D eigenvalue weighted by molar-refractivity contribution is -0.0149. The molecule has 8 heteroatoms. The van der Waals surface area contributed by atoms with Crippen molar-refractivity contribution in [2.75, 3.05) is 21.3 Å². The largest absolute Gasteiger partial charge is 0.396 e.